The van der Waals surface area contributed by atoms with Crippen LogP contribution >= 0.6 is 15.9 Å². The molecule has 2 aliphatic rings. The molecule has 2 aliphatic heterocycles. The summed E-state index contributed by atoms with van der Waals surface area (Å²) in [6, 6.07) is 26.0. The molecule has 5 rings (SSSR count). The van der Waals surface area contributed by atoms with Gasteiger partial charge in [0.1, 0.15) is 5.54 Å². The highest BCUT2D eigenvalue weighted by molar-refractivity contribution is 9.10. The lowest BCUT2D eigenvalue weighted by atomic mass is 9.81. The summed E-state index contributed by atoms with van der Waals surface area (Å²) in [6.45, 7) is 10.3. The molecule has 0 saturated carbocycles. The van der Waals surface area contributed by atoms with Crippen LogP contribution in [0.5, 0.6) is 0 Å². The molecule has 2 saturated heterocycles. The first-order valence-corrected chi connectivity index (χ1v) is 14.4. The molecule has 5 heteroatoms. The van der Waals surface area contributed by atoms with Gasteiger partial charge < -0.3 is 10.2 Å². The Morgan fingerprint density at radius 2 is 1.43 bits per heavy atom. The van der Waals surface area contributed by atoms with Crippen molar-refractivity contribution in [2.45, 2.75) is 58.0 Å². The van der Waals surface area contributed by atoms with Crippen LogP contribution in [0, 0.1) is 13.8 Å². The van der Waals surface area contributed by atoms with E-state index in [1.807, 2.05) is 0 Å². The summed E-state index contributed by atoms with van der Waals surface area (Å²) in [5.41, 5.74) is 5.49. The van der Waals surface area contributed by atoms with Crippen molar-refractivity contribution in [3.8, 4) is 0 Å². The Bertz CT molecular complexity index is 1210. The molecule has 37 heavy (non-hydrogen) atoms. The van der Waals surface area contributed by atoms with Crippen molar-refractivity contribution in [3.63, 3.8) is 0 Å². The summed E-state index contributed by atoms with van der Waals surface area (Å²) >= 11 is 3.60. The Labute approximate surface area is 230 Å². The second-order valence-corrected chi connectivity index (χ2v) is 12.1. The first kappa shape index (κ1) is 26.1. The zero-order chi connectivity index (χ0) is 26.0. The number of quaternary nitrogens is 1. The Balaban J connectivity index is 1.52. The molecule has 0 bridgehead atoms. The van der Waals surface area contributed by atoms with Gasteiger partial charge in [0.05, 0.1) is 18.7 Å². The van der Waals surface area contributed by atoms with Gasteiger partial charge in [-0.1, -0.05) is 52.3 Å². The number of halogens is 1. The number of hydrogen-bond acceptors (Lipinski definition) is 3. The highest BCUT2D eigenvalue weighted by atomic mass is 79.9. The maximum absolute atomic E-state index is 14.7. The second kappa shape index (κ2) is 10.7. The van der Waals surface area contributed by atoms with Gasteiger partial charge in [-0.15, -0.1) is 0 Å². The Hall–Kier alpha value is -2.47. The van der Waals surface area contributed by atoms with Crippen LogP contribution in [0.25, 0.3) is 0 Å². The lowest BCUT2D eigenvalue weighted by Crippen LogP contribution is -2.71. The highest BCUT2D eigenvalue weighted by Gasteiger charge is 2.55. The molecule has 194 valence electrons. The van der Waals surface area contributed by atoms with Gasteiger partial charge in [0.15, 0.2) is 0 Å². The van der Waals surface area contributed by atoms with Crippen LogP contribution in [-0.2, 0) is 0 Å². The van der Waals surface area contributed by atoms with Crippen LogP contribution in [-0.4, -0.2) is 48.2 Å². The van der Waals surface area contributed by atoms with Crippen molar-refractivity contribution in [1.29, 1.82) is 0 Å². The van der Waals surface area contributed by atoms with E-state index in [0.29, 0.717) is 16.4 Å². The topological polar surface area (TPSA) is 32.3 Å². The number of nitrogens with one attached hydrogen (secondary N) is 1. The lowest BCUT2D eigenvalue weighted by Gasteiger charge is -2.55. The quantitative estimate of drug-likeness (QED) is 0.336. The second-order valence-electron chi connectivity index (χ2n) is 11.1. The molecule has 0 atom stereocenters. The van der Waals surface area contributed by atoms with Gasteiger partial charge in [-0.05, 0) is 68.3 Å². The minimum Gasteiger partial charge on any atom is -0.338 e. The van der Waals surface area contributed by atoms with Crippen molar-refractivity contribution in [1.82, 2.24) is 5.32 Å². The molecule has 1 N–H and O–H groups in total. The fraction of sp³-hybridized carbons (Fsp3) is 0.406. The number of anilines is 2. The number of hydrogen-bond donors (Lipinski definition) is 1. The molecular weight excluding hydrogens is 522 g/mol. The molecule has 3 aromatic rings. The third-order valence-electron chi connectivity index (χ3n) is 8.99. The maximum Gasteiger partial charge on any atom is 0.346 e. The fourth-order valence-corrected chi connectivity index (χ4v) is 7.03. The van der Waals surface area contributed by atoms with Crippen LogP contribution in [0.3, 0.4) is 0 Å². The van der Waals surface area contributed by atoms with Crippen molar-refractivity contribution in [3.05, 3.63) is 94.0 Å². The van der Waals surface area contributed by atoms with E-state index in [1.54, 1.807) is 0 Å². The maximum atomic E-state index is 14.7. The number of piperidine rings is 2. The Morgan fingerprint density at radius 3 is 2.03 bits per heavy atom. The van der Waals surface area contributed by atoms with E-state index >= 15 is 0 Å². The van der Waals surface area contributed by atoms with Gasteiger partial charge in [0, 0.05) is 60.7 Å². The zero-order valence-corrected chi connectivity index (χ0v) is 23.9. The number of aryl methyl sites for hydroxylation is 2. The average Bonchev–Trinajstić information content (AvgIpc) is 2.91. The molecule has 0 aromatic heterocycles. The van der Waals surface area contributed by atoms with Crippen LogP contribution in [0.1, 0.15) is 54.1 Å². The van der Waals surface area contributed by atoms with Gasteiger partial charge in [0.2, 0.25) is 0 Å². The zero-order valence-electron chi connectivity index (χ0n) is 22.3. The van der Waals surface area contributed by atoms with Gasteiger partial charge in [0.25, 0.3) is 0 Å². The number of rotatable bonds is 5. The average molecular weight is 562 g/mol. The number of carbonyl (C=O) groups excluding carboxylic acids is 1. The minimum absolute atomic E-state index is 0.0583. The normalized spacial score (nSPS) is 23.4. The summed E-state index contributed by atoms with van der Waals surface area (Å²) < 4.78 is 1.65. The van der Waals surface area contributed by atoms with Crippen molar-refractivity contribution >= 4 is 33.2 Å². The van der Waals surface area contributed by atoms with Crippen LogP contribution in [0.2, 0.25) is 0 Å². The van der Waals surface area contributed by atoms with E-state index in [9.17, 15) is 4.79 Å². The van der Waals surface area contributed by atoms with Crippen LogP contribution in [0.15, 0.2) is 77.3 Å². The van der Waals surface area contributed by atoms with E-state index in [1.165, 1.54) is 11.4 Å². The third-order valence-corrected chi connectivity index (χ3v) is 9.52. The summed E-state index contributed by atoms with van der Waals surface area (Å²) in [7, 11) is 0. The number of carbonyl (C=O) groups is 1. The summed E-state index contributed by atoms with van der Waals surface area (Å²) in [5, 5.41) is 3.54. The SMILES string of the molecule is Cc1cccc(C)c1C(=O)[N+]1(C2(C)CCNCC2)CCC(N(c2ccccc2)c2ccc(Br)cc2)CC1. The fourth-order valence-electron chi connectivity index (χ4n) is 6.76. The van der Waals surface area contributed by atoms with Gasteiger partial charge in [-0.2, -0.15) is 0 Å². The van der Waals surface area contributed by atoms with E-state index in [4.69, 9.17) is 0 Å². The first-order chi connectivity index (χ1) is 17.8. The smallest absolute Gasteiger partial charge is 0.338 e. The van der Waals surface area contributed by atoms with E-state index in [2.05, 4.69) is 120 Å². The molecule has 1 amide bonds. The highest BCUT2D eigenvalue weighted by Crippen LogP contribution is 2.42. The minimum atomic E-state index is -0.0583. The molecule has 0 radical (unpaired) electrons. The lowest BCUT2D eigenvalue weighted by molar-refractivity contribution is -0.906. The monoisotopic (exact) mass is 560 g/mol. The van der Waals surface area contributed by atoms with Gasteiger partial charge in [-0.3, -0.25) is 4.48 Å². The van der Waals surface area contributed by atoms with Crippen molar-refractivity contribution in [2.24, 2.45) is 0 Å². The van der Waals surface area contributed by atoms with Crippen molar-refractivity contribution < 1.29 is 9.28 Å². The number of para-hydroxylation sites is 1. The Morgan fingerprint density at radius 1 is 0.865 bits per heavy atom. The summed E-state index contributed by atoms with van der Waals surface area (Å²) in [4.78, 5) is 17.1. The standard InChI is InChI=1S/C32H39BrN3O/c1-24-8-7-9-25(2)30(24)31(37)36(32(3)18-20-34-21-19-32)22-16-29(17-23-36)35(27-10-5-4-6-11-27)28-14-12-26(33)13-15-28/h4-15,29,34H,16-23H2,1-3H3/q+1. The predicted octanol–water partition coefficient (Wildman–Crippen LogP) is 7.17. The molecular formula is C32H39BrN3O+. The van der Waals surface area contributed by atoms with Crippen LogP contribution in [0.4, 0.5) is 11.4 Å². The number of likely N-dealkylation sites (tertiary alicyclic amines) is 1. The van der Waals surface area contributed by atoms with E-state index in [0.717, 1.165) is 73.0 Å². The number of amides is 1. The van der Waals surface area contributed by atoms with Crippen LogP contribution < -0.4 is 10.2 Å². The molecule has 0 spiro atoms. The molecule has 2 heterocycles. The van der Waals surface area contributed by atoms with E-state index < -0.39 is 0 Å². The third kappa shape index (κ3) is 4.89. The largest absolute Gasteiger partial charge is 0.346 e. The Kier molecular flexibility index (Phi) is 7.58. The molecule has 0 unspecified atom stereocenters. The number of nitrogens with zero attached hydrogens (tertiary/aromatic N) is 2. The van der Waals surface area contributed by atoms with Crippen molar-refractivity contribution in [2.75, 3.05) is 31.1 Å². The molecule has 3 aromatic carbocycles. The predicted molar refractivity (Wildman–Crippen MR) is 156 cm³/mol. The molecule has 2 fully saturated rings. The van der Waals surface area contributed by atoms with E-state index in [-0.39, 0.29) is 5.54 Å². The molecule has 4 nitrogen and oxygen atoms in total. The van der Waals surface area contributed by atoms with Gasteiger partial charge in [-0.25, -0.2) is 4.79 Å². The van der Waals surface area contributed by atoms with Gasteiger partial charge >= 0.3 is 5.91 Å². The summed E-state index contributed by atoms with van der Waals surface area (Å²) in [5.74, 6) is 0.327. The number of benzene rings is 3. The summed E-state index contributed by atoms with van der Waals surface area (Å²) in [6.07, 6.45) is 4.02. The molecule has 0 aliphatic carbocycles. The first-order valence-electron chi connectivity index (χ1n) is 13.6.